The van der Waals surface area contributed by atoms with Crippen molar-refractivity contribution in [3.05, 3.63) is 24.3 Å². The zero-order valence-corrected chi connectivity index (χ0v) is 15.5. The Morgan fingerprint density at radius 2 is 1.96 bits per heavy atom. The van der Waals surface area contributed by atoms with Crippen LogP contribution in [0, 0.1) is 0 Å². The van der Waals surface area contributed by atoms with Crippen LogP contribution in [0.1, 0.15) is 13.3 Å². The van der Waals surface area contributed by atoms with E-state index < -0.39 is 10.0 Å². The van der Waals surface area contributed by atoms with Crippen LogP contribution in [0.3, 0.4) is 0 Å². The molecule has 3 rings (SSSR count). The highest BCUT2D eigenvalue weighted by atomic mass is 32.2. The summed E-state index contributed by atoms with van der Waals surface area (Å²) in [6.45, 7) is 1.66. The Morgan fingerprint density at radius 3 is 2.67 bits per heavy atom. The number of primary sulfonamides is 1. The summed E-state index contributed by atoms with van der Waals surface area (Å²) in [6, 6.07) is 5.38. The number of nitrogens with two attached hydrogens (primary N) is 1. The molecule has 1 amide bonds. The molecule has 2 aromatic heterocycles. The highest BCUT2D eigenvalue weighted by molar-refractivity contribution is 7.89. The van der Waals surface area contributed by atoms with Crippen LogP contribution in [0.25, 0.3) is 11.0 Å². The minimum Gasteiger partial charge on any atom is -0.504 e. The maximum atomic E-state index is 11.6. The Bertz CT molecular complexity index is 1160. The number of azo groups is 1. The molecule has 0 radical (unpaired) electrons. The molecular formula is C14H13N7O4S2. The van der Waals surface area contributed by atoms with Gasteiger partial charge in [-0.05, 0) is 24.3 Å². The van der Waals surface area contributed by atoms with Gasteiger partial charge in [-0.15, -0.1) is 10.2 Å². The molecule has 1 aromatic carbocycles. The summed E-state index contributed by atoms with van der Waals surface area (Å²) in [5, 5.41) is 25.3. The lowest BCUT2D eigenvalue weighted by atomic mass is 10.3. The topological polar surface area (TPSA) is 173 Å². The largest absolute Gasteiger partial charge is 0.504 e. The average Bonchev–Trinajstić information content (AvgIpc) is 3.10. The van der Waals surface area contributed by atoms with Crippen molar-refractivity contribution in [1.82, 2.24) is 13.7 Å². The number of carbonyl (C=O) groups excluding carboxylic acids is 1. The van der Waals surface area contributed by atoms with Crippen molar-refractivity contribution in [3.63, 3.8) is 0 Å². The molecular weight excluding hydrogens is 394 g/mol. The van der Waals surface area contributed by atoms with Gasteiger partial charge in [0, 0.05) is 6.42 Å². The van der Waals surface area contributed by atoms with Crippen molar-refractivity contribution < 1.29 is 18.3 Å². The molecule has 0 unspecified atom stereocenters. The molecule has 0 fully saturated rings. The first kappa shape index (κ1) is 18.8. The highest BCUT2D eigenvalue weighted by Crippen LogP contribution is 2.31. The minimum absolute atomic E-state index is 0.0386. The monoisotopic (exact) mass is 407 g/mol. The van der Waals surface area contributed by atoms with E-state index in [9.17, 15) is 18.3 Å². The molecule has 3 aromatic rings. The Labute approximate surface area is 157 Å². The summed E-state index contributed by atoms with van der Waals surface area (Å²) < 4.78 is 31.2. The van der Waals surface area contributed by atoms with Gasteiger partial charge in [0.2, 0.25) is 15.9 Å². The lowest BCUT2D eigenvalue weighted by molar-refractivity contribution is -0.115. The van der Waals surface area contributed by atoms with Crippen LogP contribution in [0.2, 0.25) is 0 Å². The number of benzene rings is 1. The Morgan fingerprint density at radius 1 is 1.22 bits per heavy atom. The van der Waals surface area contributed by atoms with E-state index in [1.165, 1.54) is 24.3 Å². The van der Waals surface area contributed by atoms with Gasteiger partial charge in [-0.25, -0.2) is 18.5 Å². The second-order valence-corrected chi connectivity index (χ2v) is 7.29. The Balaban J connectivity index is 1.97. The van der Waals surface area contributed by atoms with E-state index in [4.69, 9.17) is 5.14 Å². The summed E-state index contributed by atoms with van der Waals surface area (Å²) in [4.78, 5) is 15.3. The van der Waals surface area contributed by atoms with Crippen LogP contribution in [0.5, 0.6) is 5.75 Å². The number of hydrogen-bond donors (Lipinski definition) is 3. The van der Waals surface area contributed by atoms with Gasteiger partial charge in [-0.3, -0.25) is 4.79 Å². The number of sulfonamides is 1. The standard InChI is InChI=1S/C14H13N7O4S2/c1-2-11(23)17-14-8(22)4-6-10(16-14)19-18-7-3-5-9(27(15,24)25)13-12(7)20-26-21-13/h3-6,22H,2H2,1H3,(H2,15,24,25)(H,16,17,23)/b19-18+. The first-order valence-electron chi connectivity index (χ1n) is 7.49. The van der Waals surface area contributed by atoms with Gasteiger partial charge in [0.25, 0.3) is 0 Å². The van der Waals surface area contributed by atoms with Crippen molar-refractivity contribution >= 4 is 56.0 Å². The van der Waals surface area contributed by atoms with Crippen molar-refractivity contribution in [3.8, 4) is 5.75 Å². The molecule has 0 spiro atoms. The molecule has 13 heteroatoms. The molecule has 0 aliphatic rings. The van der Waals surface area contributed by atoms with E-state index >= 15 is 0 Å². The van der Waals surface area contributed by atoms with Gasteiger partial charge >= 0.3 is 0 Å². The van der Waals surface area contributed by atoms with E-state index in [-0.39, 0.29) is 51.3 Å². The third-order valence-corrected chi connectivity index (χ3v) is 4.83. The van der Waals surface area contributed by atoms with E-state index in [1.54, 1.807) is 6.92 Å². The summed E-state index contributed by atoms with van der Waals surface area (Å²) in [6.07, 6.45) is 0.220. The van der Waals surface area contributed by atoms with Gasteiger partial charge in [0.15, 0.2) is 17.4 Å². The Kier molecular flexibility index (Phi) is 5.07. The number of pyridine rings is 1. The van der Waals surface area contributed by atoms with Crippen LogP contribution < -0.4 is 10.5 Å². The van der Waals surface area contributed by atoms with Gasteiger partial charge in [-0.2, -0.15) is 8.75 Å². The predicted octanol–water partition coefficient (Wildman–Crippen LogP) is 2.20. The summed E-state index contributed by atoms with van der Waals surface area (Å²) in [7, 11) is -3.96. The SMILES string of the molecule is CCC(=O)Nc1nc(/N=N/c2ccc(S(N)(=O)=O)c3nsnc23)ccc1O. The van der Waals surface area contributed by atoms with Crippen molar-refractivity contribution in [2.24, 2.45) is 15.4 Å². The third-order valence-electron chi connectivity index (χ3n) is 3.36. The van der Waals surface area contributed by atoms with Crippen LogP contribution in [-0.2, 0) is 14.8 Å². The van der Waals surface area contributed by atoms with Gasteiger partial charge in [0.05, 0.1) is 11.7 Å². The van der Waals surface area contributed by atoms with Crippen molar-refractivity contribution in [2.45, 2.75) is 18.2 Å². The number of carbonyl (C=O) groups is 1. The van der Waals surface area contributed by atoms with E-state index in [2.05, 4.69) is 29.3 Å². The molecule has 0 saturated heterocycles. The number of anilines is 1. The zero-order chi connectivity index (χ0) is 19.6. The molecule has 0 bridgehead atoms. The molecule has 27 heavy (non-hydrogen) atoms. The second kappa shape index (κ2) is 7.30. The molecule has 0 aliphatic heterocycles. The van der Waals surface area contributed by atoms with Crippen molar-refractivity contribution in [1.29, 1.82) is 0 Å². The van der Waals surface area contributed by atoms with E-state index in [1.807, 2.05) is 0 Å². The second-order valence-electron chi connectivity index (χ2n) is 5.23. The number of amides is 1. The molecule has 0 saturated carbocycles. The van der Waals surface area contributed by atoms with Crippen molar-refractivity contribution in [2.75, 3.05) is 5.32 Å². The maximum Gasteiger partial charge on any atom is 0.240 e. The Hall–Kier alpha value is -3.03. The molecule has 0 atom stereocenters. The van der Waals surface area contributed by atoms with Crippen LogP contribution in [0.15, 0.2) is 39.4 Å². The first-order valence-corrected chi connectivity index (χ1v) is 9.77. The quantitative estimate of drug-likeness (QED) is 0.543. The number of hydrogen-bond acceptors (Lipinski definition) is 10. The fourth-order valence-corrected chi connectivity index (χ4v) is 3.35. The number of aromatic hydroxyl groups is 1. The lowest BCUT2D eigenvalue weighted by Gasteiger charge is -2.05. The summed E-state index contributed by atoms with van der Waals surface area (Å²) >= 11 is 0.815. The highest BCUT2D eigenvalue weighted by Gasteiger charge is 2.18. The number of nitrogens with one attached hydrogen (secondary N) is 1. The fraction of sp³-hybridized carbons (Fsp3) is 0.143. The molecule has 2 heterocycles. The first-order chi connectivity index (χ1) is 12.8. The zero-order valence-electron chi connectivity index (χ0n) is 13.8. The third kappa shape index (κ3) is 4.05. The smallest absolute Gasteiger partial charge is 0.240 e. The van der Waals surface area contributed by atoms with Gasteiger partial charge < -0.3 is 10.4 Å². The normalized spacial score (nSPS) is 11.9. The number of fused-ring (bicyclic) bond motifs is 1. The van der Waals surface area contributed by atoms with Gasteiger partial charge in [0.1, 0.15) is 21.6 Å². The van der Waals surface area contributed by atoms with Crippen LogP contribution >= 0.6 is 11.7 Å². The summed E-state index contributed by atoms with van der Waals surface area (Å²) in [5.41, 5.74) is 0.599. The van der Waals surface area contributed by atoms with E-state index in [0.717, 1.165) is 11.7 Å². The lowest BCUT2D eigenvalue weighted by Crippen LogP contribution is -2.12. The minimum atomic E-state index is -3.96. The number of aromatic nitrogens is 3. The average molecular weight is 407 g/mol. The predicted molar refractivity (Wildman–Crippen MR) is 97.8 cm³/mol. The molecule has 11 nitrogen and oxygen atoms in total. The summed E-state index contributed by atoms with van der Waals surface area (Å²) in [5.74, 6) is -0.450. The molecule has 0 aliphatic carbocycles. The van der Waals surface area contributed by atoms with E-state index in [0.29, 0.717) is 0 Å². The van der Waals surface area contributed by atoms with Gasteiger partial charge in [-0.1, -0.05) is 6.92 Å². The molecule has 4 N–H and O–H groups in total. The fourth-order valence-electron chi connectivity index (χ4n) is 2.06. The van der Waals surface area contributed by atoms with Crippen LogP contribution in [0.4, 0.5) is 17.3 Å². The maximum absolute atomic E-state index is 11.6. The number of nitrogens with zero attached hydrogens (tertiary/aromatic N) is 5. The van der Waals surface area contributed by atoms with Crippen LogP contribution in [-0.4, -0.2) is 33.2 Å². The molecule has 140 valence electrons. The number of rotatable bonds is 5.